The summed E-state index contributed by atoms with van der Waals surface area (Å²) in [6.07, 6.45) is 0.195. The number of nitrogens with zero attached hydrogens (tertiary/aromatic N) is 1. The van der Waals surface area contributed by atoms with Gasteiger partial charge >= 0.3 is 5.97 Å². The zero-order valence-corrected chi connectivity index (χ0v) is 19.2. The van der Waals surface area contributed by atoms with E-state index in [2.05, 4.69) is 0 Å². The first-order chi connectivity index (χ1) is 15.6. The topological polar surface area (TPSA) is 83.9 Å². The first-order valence-corrected chi connectivity index (χ1v) is 12.0. The van der Waals surface area contributed by atoms with Gasteiger partial charge in [0.2, 0.25) is 0 Å². The summed E-state index contributed by atoms with van der Waals surface area (Å²) in [5.74, 6) is -2.04. The second-order valence-electron chi connectivity index (χ2n) is 7.91. The largest absolute Gasteiger partial charge is 0.489 e. The standard InChI is InChI=1S/C24H21ClFNO5S/c1-15-3-2-4-21(9-15)33(30,31)27-13-17(24(28)29)10-16-5-7-20(12-23(16)27)32-14-18-11-19(26)6-8-22(18)25/h2-9,11-12,17H,10,13-14H2,1H3,(H,28,29). The van der Waals surface area contributed by atoms with Gasteiger partial charge in [-0.25, -0.2) is 12.8 Å². The number of anilines is 1. The van der Waals surface area contributed by atoms with E-state index in [1.165, 1.54) is 24.3 Å². The highest BCUT2D eigenvalue weighted by molar-refractivity contribution is 7.92. The lowest BCUT2D eigenvalue weighted by Gasteiger charge is -2.34. The first-order valence-electron chi connectivity index (χ1n) is 10.2. The summed E-state index contributed by atoms with van der Waals surface area (Å²) >= 11 is 6.10. The molecule has 172 valence electrons. The molecule has 1 aliphatic rings. The Labute approximate surface area is 196 Å². The lowest BCUT2D eigenvalue weighted by atomic mass is 9.94. The van der Waals surface area contributed by atoms with Crippen LogP contribution in [0.3, 0.4) is 0 Å². The zero-order valence-electron chi connectivity index (χ0n) is 17.7. The van der Waals surface area contributed by atoms with Gasteiger partial charge in [-0.3, -0.25) is 9.10 Å². The van der Waals surface area contributed by atoms with Crippen molar-refractivity contribution in [2.75, 3.05) is 10.8 Å². The Balaban J connectivity index is 1.70. The minimum absolute atomic E-state index is 0.0161. The lowest BCUT2D eigenvalue weighted by Crippen LogP contribution is -2.42. The summed E-state index contributed by atoms with van der Waals surface area (Å²) in [5, 5.41) is 9.94. The highest BCUT2D eigenvalue weighted by Crippen LogP contribution is 2.37. The van der Waals surface area contributed by atoms with Crippen molar-refractivity contribution < 1.29 is 27.4 Å². The summed E-state index contributed by atoms with van der Waals surface area (Å²) in [6, 6.07) is 15.3. The van der Waals surface area contributed by atoms with Gasteiger partial charge < -0.3 is 9.84 Å². The summed E-state index contributed by atoms with van der Waals surface area (Å²) in [6.45, 7) is 1.57. The number of sulfonamides is 1. The molecule has 1 atom stereocenters. The first kappa shape index (κ1) is 23.1. The fraction of sp³-hybridized carbons (Fsp3) is 0.208. The smallest absolute Gasteiger partial charge is 0.308 e. The van der Waals surface area contributed by atoms with Crippen LogP contribution in [0.5, 0.6) is 5.75 Å². The van der Waals surface area contributed by atoms with E-state index in [0.29, 0.717) is 27.6 Å². The van der Waals surface area contributed by atoms with Crippen molar-refractivity contribution in [1.82, 2.24) is 0 Å². The van der Waals surface area contributed by atoms with Crippen molar-refractivity contribution in [2.24, 2.45) is 5.92 Å². The van der Waals surface area contributed by atoms with Crippen molar-refractivity contribution in [3.05, 3.63) is 88.2 Å². The maximum Gasteiger partial charge on any atom is 0.308 e. The Morgan fingerprint density at radius 2 is 1.97 bits per heavy atom. The van der Waals surface area contributed by atoms with Crippen molar-refractivity contribution in [3.63, 3.8) is 0 Å². The van der Waals surface area contributed by atoms with E-state index in [1.807, 2.05) is 0 Å². The van der Waals surface area contributed by atoms with Crippen molar-refractivity contribution >= 4 is 33.3 Å². The third-order valence-electron chi connectivity index (χ3n) is 5.51. The van der Waals surface area contributed by atoms with E-state index in [1.54, 1.807) is 43.3 Å². The van der Waals surface area contributed by atoms with Gasteiger partial charge in [-0.2, -0.15) is 0 Å². The second-order valence-corrected chi connectivity index (χ2v) is 10.2. The zero-order chi connectivity index (χ0) is 23.8. The highest BCUT2D eigenvalue weighted by atomic mass is 35.5. The van der Waals surface area contributed by atoms with Crippen LogP contribution in [0.1, 0.15) is 16.7 Å². The molecule has 0 saturated heterocycles. The number of benzene rings is 3. The van der Waals surface area contributed by atoms with Crippen LogP contribution < -0.4 is 9.04 Å². The predicted octanol–water partition coefficient (Wildman–Crippen LogP) is 4.82. The molecule has 4 rings (SSSR count). The monoisotopic (exact) mass is 489 g/mol. The fourth-order valence-electron chi connectivity index (χ4n) is 3.78. The molecule has 0 amide bonds. The van der Waals surface area contributed by atoms with E-state index in [4.69, 9.17) is 16.3 Å². The molecule has 0 aromatic heterocycles. The summed E-state index contributed by atoms with van der Waals surface area (Å²) in [7, 11) is -4.02. The molecule has 6 nitrogen and oxygen atoms in total. The molecular weight excluding hydrogens is 469 g/mol. The molecule has 1 heterocycles. The highest BCUT2D eigenvalue weighted by Gasteiger charge is 2.36. The average molecular weight is 490 g/mol. The van der Waals surface area contributed by atoms with Crippen LogP contribution in [-0.4, -0.2) is 26.0 Å². The molecule has 33 heavy (non-hydrogen) atoms. The third-order valence-corrected chi connectivity index (χ3v) is 7.65. The van der Waals surface area contributed by atoms with Gasteiger partial charge in [0.1, 0.15) is 18.2 Å². The van der Waals surface area contributed by atoms with Crippen molar-refractivity contribution in [3.8, 4) is 5.75 Å². The van der Waals surface area contributed by atoms with Crippen LogP contribution >= 0.6 is 11.6 Å². The molecule has 9 heteroatoms. The Hall–Kier alpha value is -3.10. The van der Waals surface area contributed by atoms with E-state index < -0.39 is 27.7 Å². The number of carboxylic acids is 1. The number of hydrogen-bond acceptors (Lipinski definition) is 4. The van der Waals surface area contributed by atoms with Gasteiger partial charge in [0.25, 0.3) is 10.0 Å². The number of aliphatic carboxylic acids is 1. The third kappa shape index (κ3) is 4.82. The molecule has 0 aliphatic carbocycles. The lowest BCUT2D eigenvalue weighted by molar-refractivity contribution is -0.141. The molecule has 0 saturated carbocycles. The number of fused-ring (bicyclic) bond motifs is 1. The minimum atomic E-state index is -4.02. The van der Waals surface area contributed by atoms with Crippen molar-refractivity contribution in [2.45, 2.75) is 24.8 Å². The Morgan fingerprint density at radius 3 is 2.70 bits per heavy atom. The maximum atomic E-state index is 13.5. The number of halogens is 2. The molecular formula is C24H21ClFNO5S. The fourth-order valence-corrected chi connectivity index (χ4v) is 5.59. The quantitative estimate of drug-likeness (QED) is 0.536. The Bertz CT molecular complexity index is 1330. The van der Waals surface area contributed by atoms with Crippen LogP contribution in [0, 0.1) is 18.7 Å². The molecule has 0 fully saturated rings. The molecule has 0 spiro atoms. The molecule has 1 aliphatic heterocycles. The van der Waals surface area contributed by atoms with Gasteiger partial charge in [-0.05, 0) is 60.9 Å². The van der Waals surface area contributed by atoms with Crippen LogP contribution in [0.4, 0.5) is 10.1 Å². The summed E-state index contributed by atoms with van der Waals surface area (Å²) in [4.78, 5) is 11.8. The van der Waals surface area contributed by atoms with Crippen molar-refractivity contribution in [1.29, 1.82) is 0 Å². The van der Waals surface area contributed by atoms with Crippen LogP contribution in [0.25, 0.3) is 0 Å². The van der Waals surface area contributed by atoms with E-state index >= 15 is 0 Å². The van der Waals surface area contributed by atoms with Crippen LogP contribution in [0.2, 0.25) is 5.02 Å². The molecule has 0 bridgehead atoms. The summed E-state index contributed by atoms with van der Waals surface area (Å²) in [5.41, 5.74) is 2.16. The normalized spacial score (nSPS) is 15.7. The molecule has 1 unspecified atom stereocenters. The molecule has 3 aromatic rings. The van der Waals surface area contributed by atoms with Gasteiger partial charge in [0, 0.05) is 23.2 Å². The van der Waals surface area contributed by atoms with E-state index in [9.17, 15) is 22.7 Å². The molecule has 3 aromatic carbocycles. The SMILES string of the molecule is Cc1cccc(S(=O)(=O)N2CC(C(=O)O)Cc3ccc(OCc4cc(F)ccc4Cl)cc32)c1. The second kappa shape index (κ2) is 9.03. The number of rotatable bonds is 6. The minimum Gasteiger partial charge on any atom is -0.489 e. The maximum absolute atomic E-state index is 13.5. The number of ether oxygens (including phenoxy) is 1. The van der Waals surface area contributed by atoms with Crippen LogP contribution in [-0.2, 0) is 27.8 Å². The number of hydrogen-bond donors (Lipinski definition) is 1. The predicted molar refractivity (Wildman–Crippen MR) is 123 cm³/mol. The number of carbonyl (C=O) groups is 1. The van der Waals surface area contributed by atoms with E-state index in [0.717, 1.165) is 9.87 Å². The number of carboxylic acid groups (broad SMARTS) is 1. The number of aryl methyl sites for hydroxylation is 1. The summed E-state index contributed by atoms with van der Waals surface area (Å²) < 4.78 is 47.4. The molecule has 1 N–H and O–H groups in total. The Kier molecular flexibility index (Phi) is 6.32. The van der Waals surface area contributed by atoms with Gasteiger partial charge in [0.05, 0.1) is 16.5 Å². The Morgan fingerprint density at radius 1 is 1.18 bits per heavy atom. The molecule has 0 radical (unpaired) electrons. The van der Waals surface area contributed by atoms with E-state index in [-0.39, 0.29) is 24.5 Å². The van der Waals surface area contributed by atoms with Gasteiger partial charge in [-0.15, -0.1) is 0 Å². The van der Waals surface area contributed by atoms with Crippen LogP contribution in [0.15, 0.2) is 65.6 Å². The van der Waals surface area contributed by atoms with Gasteiger partial charge in [0.15, 0.2) is 0 Å². The van der Waals surface area contributed by atoms with Gasteiger partial charge in [-0.1, -0.05) is 29.8 Å². The average Bonchev–Trinajstić information content (AvgIpc) is 2.78.